The fourth-order valence-corrected chi connectivity index (χ4v) is 2.26. The summed E-state index contributed by atoms with van der Waals surface area (Å²) in [6, 6.07) is 5.03. The van der Waals surface area contributed by atoms with E-state index in [0.29, 0.717) is 10.6 Å². The number of aromatic nitrogens is 2. The van der Waals surface area contributed by atoms with Crippen LogP contribution >= 0.6 is 11.5 Å². The number of rotatable bonds is 4. The molecule has 2 aromatic rings. The van der Waals surface area contributed by atoms with Crippen LogP contribution in [-0.2, 0) is 6.42 Å². The number of hydrogen-bond donors (Lipinski definition) is 2. The van der Waals surface area contributed by atoms with E-state index in [1.807, 2.05) is 6.92 Å². The summed E-state index contributed by atoms with van der Waals surface area (Å²) in [4.78, 5) is 12.6. The molecule has 1 amide bonds. The van der Waals surface area contributed by atoms with E-state index in [1.54, 1.807) is 19.1 Å². The molecule has 0 aliphatic carbocycles. The van der Waals surface area contributed by atoms with Gasteiger partial charge in [0.1, 0.15) is 10.6 Å². The number of hydrogen-bond acceptors (Lipinski definition) is 5. The zero-order chi connectivity index (χ0) is 13.8. The standard InChI is InChI=1S/C13H15N3O2S/c1-3-4-10-12(19-16-15-10)13(18)14-9-6-5-8(2)11(17)7-9/h5-7,17H,3-4H2,1-2H3,(H,14,18). The molecule has 1 heterocycles. The summed E-state index contributed by atoms with van der Waals surface area (Å²) >= 11 is 1.09. The van der Waals surface area contributed by atoms with Crippen LogP contribution in [0.1, 0.15) is 34.3 Å². The van der Waals surface area contributed by atoms with Gasteiger partial charge in [-0.2, -0.15) is 0 Å². The quantitative estimate of drug-likeness (QED) is 0.901. The smallest absolute Gasteiger partial charge is 0.269 e. The minimum atomic E-state index is -0.235. The van der Waals surface area contributed by atoms with E-state index < -0.39 is 0 Å². The average Bonchev–Trinajstić information content (AvgIpc) is 2.83. The maximum atomic E-state index is 12.1. The molecule has 0 aliphatic rings. The molecule has 0 bridgehead atoms. The number of benzene rings is 1. The molecule has 1 aromatic carbocycles. The maximum Gasteiger partial charge on any atom is 0.269 e. The molecule has 1 aromatic heterocycles. The fourth-order valence-electron chi connectivity index (χ4n) is 1.66. The Morgan fingerprint density at radius 3 is 2.95 bits per heavy atom. The van der Waals surface area contributed by atoms with Crippen molar-refractivity contribution in [3.63, 3.8) is 0 Å². The van der Waals surface area contributed by atoms with Crippen LogP contribution in [0.25, 0.3) is 0 Å². The van der Waals surface area contributed by atoms with Crippen molar-refractivity contribution in [3.05, 3.63) is 34.3 Å². The van der Waals surface area contributed by atoms with E-state index in [4.69, 9.17) is 0 Å². The third-order valence-corrected chi connectivity index (χ3v) is 3.48. The van der Waals surface area contributed by atoms with Crippen molar-refractivity contribution in [3.8, 4) is 5.75 Å². The largest absolute Gasteiger partial charge is 0.508 e. The number of aryl methyl sites for hydroxylation is 2. The van der Waals surface area contributed by atoms with E-state index in [-0.39, 0.29) is 11.7 Å². The summed E-state index contributed by atoms with van der Waals surface area (Å²) in [6.45, 7) is 3.83. The highest BCUT2D eigenvalue weighted by Gasteiger charge is 2.16. The summed E-state index contributed by atoms with van der Waals surface area (Å²) in [5.74, 6) is -0.0734. The van der Waals surface area contributed by atoms with Gasteiger partial charge in [0.25, 0.3) is 5.91 Å². The fraction of sp³-hybridized carbons (Fsp3) is 0.308. The predicted octanol–water partition coefficient (Wildman–Crippen LogP) is 2.76. The lowest BCUT2D eigenvalue weighted by Gasteiger charge is -2.06. The number of carbonyl (C=O) groups is 1. The normalized spacial score (nSPS) is 10.4. The third-order valence-electron chi connectivity index (χ3n) is 2.72. The van der Waals surface area contributed by atoms with E-state index in [2.05, 4.69) is 14.9 Å². The molecule has 2 N–H and O–H groups in total. The summed E-state index contributed by atoms with van der Waals surface area (Å²) < 4.78 is 3.82. The zero-order valence-corrected chi connectivity index (χ0v) is 11.6. The second-order valence-electron chi connectivity index (χ2n) is 4.25. The van der Waals surface area contributed by atoms with Crippen molar-refractivity contribution >= 4 is 23.1 Å². The molecule has 0 spiro atoms. The Kier molecular flexibility index (Phi) is 4.11. The first-order chi connectivity index (χ1) is 9.11. The topological polar surface area (TPSA) is 75.1 Å². The molecule has 0 saturated carbocycles. The Morgan fingerprint density at radius 2 is 2.26 bits per heavy atom. The van der Waals surface area contributed by atoms with Crippen molar-refractivity contribution in [2.75, 3.05) is 5.32 Å². The first-order valence-electron chi connectivity index (χ1n) is 6.04. The average molecular weight is 277 g/mol. The molecule has 19 heavy (non-hydrogen) atoms. The van der Waals surface area contributed by atoms with E-state index in [9.17, 15) is 9.90 Å². The number of anilines is 1. The lowest BCUT2D eigenvalue weighted by atomic mass is 10.2. The monoisotopic (exact) mass is 277 g/mol. The molecule has 0 unspecified atom stereocenters. The molecule has 5 nitrogen and oxygen atoms in total. The maximum absolute atomic E-state index is 12.1. The molecule has 6 heteroatoms. The molecule has 0 radical (unpaired) electrons. The molecular weight excluding hydrogens is 262 g/mol. The van der Waals surface area contributed by atoms with Crippen molar-refractivity contribution in [2.24, 2.45) is 0 Å². The van der Waals surface area contributed by atoms with Gasteiger partial charge >= 0.3 is 0 Å². The Bertz CT molecular complexity index is 595. The van der Waals surface area contributed by atoms with Gasteiger partial charge in [0.05, 0.1) is 5.69 Å². The number of phenols is 1. The van der Waals surface area contributed by atoms with Gasteiger partial charge in [-0.05, 0) is 36.5 Å². The Balaban J connectivity index is 2.16. The number of phenolic OH excluding ortho intramolecular Hbond substituents is 1. The van der Waals surface area contributed by atoms with Crippen molar-refractivity contribution in [2.45, 2.75) is 26.7 Å². The molecular formula is C13H15N3O2S. The van der Waals surface area contributed by atoms with Gasteiger partial charge in [0.2, 0.25) is 0 Å². The van der Waals surface area contributed by atoms with Crippen molar-refractivity contribution in [1.29, 1.82) is 0 Å². The van der Waals surface area contributed by atoms with Crippen LogP contribution in [0.5, 0.6) is 5.75 Å². The highest BCUT2D eigenvalue weighted by molar-refractivity contribution is 7.08. The lowest BCUT2D eigenvalue weighted by Crippen LogP contribution is -2.12. The minimum Gasteiger partial charge on any atom is -0.508 e. The minimum absolute atomic E-state index is 0.161. The molecule has 0 atom stereocenters. The third kappa shape index (κ3) is 3.08. The summed E-state index contributed by atoms with van der Waals surface area (Å²) in [7, 11) is 0. The van der Waals surface area contributed by atoms with E-state index in [0.717, 1.165) is 35.6 Å². The first-order valence-corrected chi connectivity index (χ1v) is 6.81. The summed E-state index contributed by atoms with van der Waals surface area (Å²) in [5.41, 5.74) is 2.05. The van der Waals surface area contributed by atoms with E-state index in [1.165, 1.54) is 6.07 Å². The molecule has 100 valence electrons. The van der Waals surface area contributed by atoms with Crippen LogP contribution in [0.15, 0.2) is 18.2 Å². The summed E-state index contributed by atoms with van der Waals surface area (Å²) in [6.07, 6.45) is 1.65. The molecule has 0 fully saturated rings. The number of carbonyl (C=O) groups excluding carboxylic acids is 1. The van der Waals surface area contributed by atoms with Gasteiger partial charge in [-0.1, -0.05) is 23.9 Å². The van der Waals surface area contributed by atoms with Gasteiger partial charge < -0.3 is 10.4 Å². The number of nitrogens with zero attached hydrogens (tertiary/aromatic N) is 2. The molecule has 0 aliphatic heterocycles. The number of amides is 1. The summed E-state index contributed by atoms with van der Waals surface area (Å²) in [5, 5.41) is 16.3. The lowest BCUT2D eigenvalue weighted by molar-refractivity contribution is 0.102. The van der Waals surface area contributed by atoms with Crippen molar-refractivity contribution < 1.29 is 9.90 Å². The van der Waals surface area contributed by atoms with Crippen LogP contribution in [0.3, 0.4) is 0 Å². The van der Waals surface area contributed by atoms with Crippen molar-refractivity contribution in [1.82, 2.24) is 9.59 Å². The SMILES string of the molecule is CCCc1nnsc1C(=O)Nc1ccc(C)c(O)c1. The predicted molar refractivity (Wildman–Crippen MR) is 74.7 cm³/mol. The zero-order valence-electron chi connectivity index (χ0n) is 10.8. The number of nitrogens with one attached hydrogen (secondary N) is 1. The van der Waals surface area contributed by atoms with Gasteiger partial charge in [0.15, 0.2) is 0 Å². The Labute approximate surface area is 115 Å². The van der Waals surface area contributed by atoms with Crippen LogP contribution in [0, 0.1) is 6.92 Å². The Hall–Kier alpha value is -1.95. The van der Waals surface area contributed by atoms with E-state index >= 15 is 0 Å². The molecule has 0 saturated heterocycles. The molecule has 2 rings (SSSR count). The van der Waals surface area contributed by atoms with Gasteiger partial charge in [-0.25, -0.2) is 0 Å². The van der Waals surface area contributed by atoms with Gasteiger partial charge in [-0.15, -0.1) is 5.10 Å². The number of aromatic hydroxyl groups is 1. The van der Waals surface area contributed by atoms with Gasteiger partial charge in [-0.3, -0.25) is 4.79 Å². The highest BCUT2D eigenvalue weighted by Crippen LogP contribution is 2.22. The second kappa shape index (κ2) is 5.79. The highest BCUT2D eigenvalue weighted by atomic mass is 32.1. The van der Waals surface area contributed by atoms with Gasteiger partial charge in [0, 0.05) is 11.8 Å². The van der Waals surface area contributed by atoms with Crippen LogP contribution in [0.4, 0.5) is 5.69 Å². The van der Waals surface area contributed by atoms with Crippen LogP contribution in [-0.4, -0.2) is 20.6 Å². The van der Waals surface area contributed by atoms with Crippen LogP contribution < -0.4 is 5.32 Å². The van der Waals surface area contributed by atoms with Crippen LogP contribution in [0.2, 0.25) is 0 Å². The second-order valence-corrected chi connectivity index (χ2v) is 5.01. The first kappa shape index (κ1) is 13.5. The Morgan fingerprint density at radius 1 is 1.47 bits per heavy atom.